The summed E-state index contributed by atoms with van der Waals surface area (Å²) in [6.07, 6.45) is 10.1. The Bertz CT molecular complexity index is 565. The van der Waals surface area contributed by atoms with Crippen LogP contribution >= 0.6 is 0 Å². The Hall–Kier alpha value is -1.30. The van der Waals surface area contributed by atoms with Crippen LogP contribution in [-0.2, 0) is 6.42 Å². The van der Waals surface area contributed by atoms with Gasteiger partial charge in [0.1, 0.15) is 0 Å². The first-order valence-electron chi connectivity index (χ1n) is 9.36. The predicted molar refractivity (Wildman–Crippen MR) is 103 cm³/mol. The minimum Gasteiger partial charge on any atom is -0.0998 e. The van der Waals surface area contributed by atoms with E-state index in [2.05, 4.69) is 59.4 Å². The van der Waals surface area contributed by atoms with Gasteiger partial charge in [0.15, 0.2) is 0 Å². The van der Waals surface area contributed by atoms with Gasteiger partial charge in [-0.05, 0) is 81.5 Å². The summed E-state index contributed by atoms with van der Waals surface area (Å²) >= 11 is 0. The van der Waals surface area contributed by atoms with Crippen LogP contribution in [0.2, 0.25) is 0 Å². The molecule has 1 aliphatic rings. The summed E-state index contributed by atoms with van der Waals surface area (Å²) < 4.78 is 0. The van der Waals surface area contributed by atoms with Crippen molar-refractivity contribution in [3.05, 3.63) is 58.2 Å². The van der Waals surface area contributed by atoms with Crippen molar-refractivity contribution in [1.82, 2.24) is 0 Å². The van der Waals surface area contributed by atoms with Crippen molar-refractivity contribution in [2.75, 3.05) is 0 Å². The van der Waals surface area contributed by atoms with E-state index in [1.54, 1.807) is 11.1 Å². The molecule has 1 aromatic carbocycles. The molecule has 0 heteroatoms. The summed E-state index contributed by atoms with van der Waals surface area (Å²) in [5.41, 5.74) is 8.89. The van der Waals surface area contributed by atoms with Gasteiger partial charge in [-0.3, -0.25) is 0 Å². The summed E-state index contributed by atoms with van der Waals surface area (Å²) in [4.78, 5) is 0. The number of unbranched alkanes of at least 4 members (excludes halogenated alkanes) is 2. The van der Waals surface area contributed by atoms with Crippen molar-refractivity contribution in [2.45, 2.75) is 79.1 Å². The Morgan fingerprint density at radius 2 is 1.78 bits per heavy atom. The molecule has 0 bridgehead atoms. The number of rotatable bonds is 6. The molecule has 2 rings (SSSR count). The molecule has 2 atom stereocenters. The molecule has 1 aliphatic carbocycles. The summed E-state index contributed by atoms with van der Waals surface area (Å²) in [5.74, 6) is 1.12. The van der Waals surface area contributed by atoms with E-state index in [-0.39, 0.29) is 0 Å². The van der Waals surface area contributed by atoms with Gasteiger partial charge < -0.3 is 0 Å². The SMILES string of the molecule is C=C(C)[C@@H]1CCC(C)=C[C@H]1c1c(C)cc(CCCCC)cc1C. The molecule has 0 aliphatic heterocycles. The normalized spacial score (nSPS) is 21.2. The minimum absolute atomic E-state index is 0.519. The third-order valence-electron chi connectivity index (χ3n) is 5.44. The first-order valence-corrected chi connectivity index (χ1v) is 9.36. The second kappa shape index (κ2) is 7.99. The highest BCUT2D eigenvalue weighted by Crippen LogP contribution is 2.42. The molecule has 0 saturated heterocycles. The lowest BCUT2D eigenvalue weighted by Crippen LogP contribution is -2.18. The molecule has 0 N–H and O–H groups in total. The Labute approximate surface area is 143 Å². The standard InChI is InChI=1S/C23H34/c1-7-8-9-10-20-14-18(5)23(19(6)15-20)22-13-17(4)11-12-21(22)16(2)3/h13-15,21-22H,2,7-12H2,1,3-6H3/t21-,22+/m0/s1. The predicted octanol–water partition coefficient (Wildman–Crippen LogP) is 7.05. The van der Waals surface area contributed by atoms with Crippen molar-refractivity contribution in [2.24, 2.45) is 5.92 Å². The summed E-state index contributed by atoms with van der Waals surface area (Å²) in [6, 6.07) is 4.87. The van der Waals surface area contributed by atoms with Crippen molar-refractivity contribution in [1.29, 1.82) is 0 Å². The van der Waals surface area contributed by atoms with Gasteiger partial charge in [-0.1, -0.05) is 55.7 Å². The highest BCUT2D eigenvalue weighted by molar-refractivity contribution is 5.44. The van der Waals surface area contributed by atoms with Gasteiger partial charge in [0.05, 0.1) is 0 Å². The number of benzene rings is 1. The molecule has 0 nitrogen and oxygen atoms in total. The van der Waals surface area contributed by atoms with Crippen LogP contribution in [-0.4, -0.2) is 0 Å². The summed E-state index contributed by atoms with van der Waals surface area (Å²) in [6.45, 7) is 15.6. The van der Waals surface area contributed by atoms with Gasteiger partial charge in [-0.15, -0.1) is 0 Å². The fourth-order valence-electron chi connectivity index (χ4n) is 4.22. The lowest BCUT2D eigenvalue weighted by atomic mass is 9.72. The van der Waals surface area contributed by atoms with Gasteiger partial charge in [-0.25, -0.2) is 0 Å². The van der Waals surface area contributed by atoms with Crippen LogP contribution in [0.25, 0.3) is 0 Å². The number of aryl methyl sites for hydroxylation is 3. The van der Waals surface area contributed by atoms with Crippen LogP contribution < -0.4 is 0 Å². The second-order valence-corrected chi connectivity index (χ2v) is 7.63. The topological polar surface area (TPSA) is 0 Å². The molecule has 0 unspecified atom stereocenters. The van der Waals surface area contributed by atoms with Crippen molar-refractivity contribution < 1.29 is 0 Å². The van der Waals surface area contributed by atoms with Crippen LogP contribution in [0.1, 0.15) is 81.0 Å². The number of hydrogen-bond donors (Lipinski definition) is 0. The van der Waals surface area contributed by atoms with E-state index in [0.29, 0.717) is 11.8 Å². The molecule has 0 fully saturated rings. The Balaban J connectivity index is 2.34. The lowest BCUT2D eigenvalue weighted by Gasteiger charge is -2.33. The van der Waals surface area contributed by atoms with Gasteiger partial charge in [0.25, 0.3) is 0 Å². The van der Waals surface area contributed by atoms with Gasteiger partial charge >= 0.3 is 0 Å². The molecule has 0 radical (unpaired) electrons. The van der Waals surface area contributed by atoms with Crippen LogP contribution in [0.15, 0.2) is 35.9 Å². The smallest absolute Gasteiger partial charge is 0.00911 e. The van der Waals surface area contributed by atoms with E-state index < -0.39 is 0 Å². The van der Waals surface area contributed by atoms with E-state index in [0.717, 1.165) is 0 Å². The highest BCUT2D eigenvalue weighted by Gasteiger charge is 2.27. The van der Waals surface area contributed by atoms with Crippen LogP contribution in [0, 0.1) is 19.8 Å². The molecule has 0 heterocycles. The van der Waals surface area contributed by atoms with Gasteiger partial charge in [-0.2, -0.15) is 0 Å². The average Bonchev–Trinajstić information content (AvgIpc) is 2.46. The Morgan fingerprint density at radius 3 is 2.35 bits per heavy atom. The van der Waals surface area contributed by atoms with Gasteiger partial charge in [0.2, 0.25) is 0 Å². The third-order valence-corrected chi connectivity index (χ3v) is 5.44. The Kier molecular flexibility index (Phi) is 6.27. The first kappa shape index (κ1) is 18.0. The van der Waals surface area contributed by atoms with Crippen molar-refractivity contribution in [3.8, 4) is 0 Å². The highest BCUT2D eigenvalue weighted by atomic mass is 14.3. The third kappa shape index (κ3) is 4.37. The van der Waals surface area contributed by atoms with E-state index in [4.69, 9.17) is 0 Å². The molecule has 126 valence electrons. The van der Waals surface area contributed by atoms with Crippen LogP contribution in [0.3, 0.4) is 0 Å². The molecule has 0 aromatic heterocycles. The molecule has 1 aromatic rings. The number of hydrogen-bond acceptors (Lipinski definition) is 0. The zero-order chi connectivity index (χ0) is 17.0. The molecule has 0 spiro atoms. The Morgan fingerprint density at radius 1 is 1.13 bits per heavy atom. The van der Waals surface area contributed by atoms with Gasteiger partial charge in [0, 0.05) is 5.92 Å². The number of allylic oxidation sites excluding steroid dienone is 3. The summed E-state index contributed by atoms with van der Waals surface area (Å²) in [7, 11) is 0. The summed E-state index contributed by atoms with van der Waals surface area (Å²) in [5, 5.41) is 0. The zero-order valence-electron chi connectivity index (χ0n) is 15.8. The molecular weight excluding hydrogens is 276 g/mol. The average molecular weight is 311 g/mol. The van der Waals surface area contributed by atoms with Crippen molar-refractivity contribution in [3.63, 3.8) is 0 Å². The maximum Gasteiger partial charge on any atom is 0.00911 e. The fourth-order valence-corrected chi connectivity index (χ4v) is 4.22. The van der Waals surface area contributed by atoms with Crippen molar-refractivity contribution >= 4 is 0 Å². The first-order chi connectivity index (χ1) is 10.9. The van der Waals surface area contributed by atoms with E-state index in [9.17, 15) is 0 Å². The van der Waals surface area contributed by atoms with E-state index in [1.165, 1.54) is 60.8 Å². The fraction of sp³-hybridized carbons (Fsp3) is 0.565. The van der Waals surface area contributed by atoms with Crippen LogP contribution in [0.4, 0.5) is 0 Å². The van der Waals surface area contributed by atoms with E-state index >= 15 is 0 Å². The van der Waals surface area contributed by atoms with Crippen LogP contribution in [0.5, 0.6) is 0 Å². The lowest BCUT2D eigenvalue weighted by molar-refractivity contribution is 0.480. The minimum atomic E-state index is 0.519. The maximum atomic E-state index is 4.28. The molecular formula is C23H34. The monoisotopic (exact) mass is 310 g/mol. The largest absolute Gasteiger partial charge is 0.0998 e. The molecule has 23 heavy (non-hydrogen) atoms. The molecule has 0 amide bonds. The molecule has 0 saturated carbocycles. The second-order valence-electron chi connectivity index (χ2n) is 7.63. The quantitative estimate of drug-likeness (QED) is 0.390. The van der Waals surface area contributed by atoms with E-state index in [1.807, 2.05) is 0 Å². The maximum absolute atomic E-state index is 4.28. The zero-order valence-corrected chi connectivity index (χ0v) is 15.8.